The number of carbonyl (C=O) groups is 1. The highest BCUT2D eigenvalue weighted by Crippen LogP contribution is 2.29. The van der Waals surface area contributed by atoms with Crippen LogP contribution in [0.5, 0.6) is 0 Å². The van der Waals surface area contributed by atoms with Gasteiger partial charge in [0.1, 0.15) is 6.10 Å². The van der Waals surface area contributed by atoms with Gasteiger partial charge in [0.15, 0.2) is 0 Å². The fourth-order valence-corrected chi connectivity index (χ4v) is 3.37. The van der Waals surface area contributed by atoms with Crippen LogP contribution in [0, 0.1) is 5.92 Å². The van der Waals surface area contributed by atoms with Gasteiger partial charge in [0.05, 0.1) is 25.4 Å². The summed E-state index contributed by atoms with van der Waals surface area (Å²) in [6.45, 7) is 2.88. The molecule has 0 radical (unpaired) electrons. The Balaban J connectivity index is 1.49. The number of methoxy groups -OCH3 is 1. The van der Waals surface area contributed by atoms with E-state index >= 15 is 0 Å². The third-order valence-electron chi connectivity index (χ3n) is 4.83. The maximum absolute atomic E-state index is 11.8. The lowest BCUT2D eigenvalue weighted by molar-refractivity contribution is -0.123. The van der Waals surface area contributed by atoms with Crippen LogP contribution in [0.1, 0.15) is 25.7 Å². The first-order valence-corrected chi connectivity index (χ1v) is 8.02. The van der Waals surface area contributed by atoms with Gasteiger partial charge in [-0.2, -0.15) is 0 Å². The van der Waals surface area contributed by atoms with Crippen molar-refractivity contribution >= 4 is 5.91 Å². The van der Waals surface area contributed by atoms with Crippen LogP contribution in [0.15, 0.2) is 0 Å². The van der Waals surface area contributed by atoms with Crippen molar-refractivity contribution in [2.45, 2.75) is 50.0 Å². The van der Waals surface area contributed by atoms with Gasteiger partial charge in [-0.3, -0.25) is 9.69 Å². The Bertz CT molecular complexity index is 375. The Hall–Kier alpha value is -0.690. The zero-order valence-corrected chi connectivity index (χ0v) is 12.7. The molecule has 3 fully saturated rings. The summed E-state index contributed by atoms with van der Waals surface area (Å²) in [5.74, 6) is 0.239. The number of hydrogen-bond acceptors (Lipinski definition) is 5. The molecule has 3 rings (SSSR count). The average Bonchev–Trinajstić information content (AvgIpc) is 3.16. The topological polar surface area (TPSA) is 71.0 Å². The summed E-state index contributed by atoms with van der Waals surface area (Å²) >= 11 is 0. The summed E-state index contributed by atoms with van der Waals surface area (Å²) in [6.07, 6.45) is 3.43. The summed E-state index contributed by atoms with van der Waals surface area (Å²) < 4.78 is 11.0. The van der Waals surface area contributed by atoms with E-state index in [1.54, 1.807) is 7.11 Å². The van der Waals surface area contributed by atoms with Crippen molar-refractivity contribution in [2.24, 2.45) is 5.92 Å². The Morgan fingerprint density at radius 2 is 2.24 bits per heavy atom. The number of amides is 1. The quantitative estimate of drug-likeness (QED) is 0.708. The predicted octanol–water partition coefficient (Wildman–Crippen LogP) is -0.248. The van der Waals surface area contributed by atoms with E-state index in [-0.39, 0.29) is 24.0 Å². The SMILES string of the molecule is COC[C@H]1CCCN1C[C@@H]1OC[C@H](NC(=O)C2CC2)[C@H]1O. The van der Waals surface area contributed by atoms with Crippen LogP contribution in [0.4, 0.5) is 0 Å². The van der Waals surface area contributed by atoms with E-state index in [1.807, 2.05) is 0 Å². The van der Waals surface area contributed by atoms with Gasteiger partial charge in [0.2, 0.25) is 5.91 Å². The van der Waals surface area contributed by atoms with Gasteiger partial charge in [0.25, 0.3) is 0 Å². The van der Waals surface area contributed by atoms with Crippen molar-refractivity contribution in [1.82, 2.24) is 10.2 Å². The molecule has 2 N–H and O–H groups in total. The molecule has 3 aliphatic rings. The fraction of sp³-hybridized carbons (Fsp3) is 0.933. The Morgan fingerprint density at radius 1 is 1.43 bits per heavy atom. The van der Waals surface area contributed by atoms with E-state index in [1.165, 1.54) is 6.42 Å². The van der Waals surface area contributed by atoms with E-state index in [2.05, 4.69) is 10.2 Å². The van der Waals surface area contributed by atoms with E-state index in [0.717, 1.165) is 32.4 Å². The molecule has 6 nitrogen and oxygen atoms in total. The molecule has 6 heteroatoms. The molecular formula is C15H26N2O4. The summed E-state index contributed by atoms with van der Waals surface area (Å²) in [6, 6.07) is 0.164. The molecule has 1 amide bonds. The molecule has 21 heavy (non-hydrogen) atoms. The van der Waals surface area contributed by atoms with Crippen LogP contribution in [0.2, 0.25) is 0 Å². The number of carbonyl (C=O) groups excluding carboxylic acids is 1. The monoisotopic (exact) mass is 298 g/mol. The van der Waals surface area contributed by atoms with Crippen molar-refractivity contribution in [3.05, 3.63) is 0 Å². The smallest absolute Gasteiger partial charge is 0.223 e. The number of ether oxygens (including phenoxy) is 2. The van der Waals surface area contributed by atoms with Crippen molar-refractivity contribution in [1.29, 1.82) is 0 Å². The van der Waals surface area contributed by atoms with Crippen molar-refractivity contribution in [2.75, 3.05) is 33.4 Å². The molecule has 1 saturated carbocycles. The summed E-state index contributed by atoms with van der Waals surface area (Å²) in [7, 11) is 1.72. The largest absolute Gasteiger partial charge is 0.388 e. The van der Waals surface area contributed by atoms with E-state index in [0.29, 0.717) is 19.2 Å². The highest BCUT2D eigenvalue weighted by molar-refractivity contribution is 5.81. The first-order chi connectivity index (χ1) is 10.2. The van der Waals surface area contributed by atoms with Gasteiger partial charge in [-0.15, -0.1) is 0 Å². The molecule has 0 aromatic heterocycles. The number of aliphatic hydroxyl groups is 1. The molecule has 0 aromatic carbocycles. The lowest BCUT2D eigenvalue weighted by Crippen LogP contribution is -2.48. The Labute approximate surface area is 125 Å². The van der Waals surface area contributed by atoms with Crippen molar-refractivity contribution < 1.29 is 19.4 Å². The highest BCUT2D eigenvalue weighted by atomic mass is 16.5. The molecule has 0 unspecified atom stereocenters. The molecule has 1 aliphatic carbocycles. The molecule has 2 heterocycles. The number of aliphatic hydroxyl groups excluding tert-OH is 1. The molecule has 2 aliphatic heterocycles. The zero-order chi connectivity index (χ0) is 14.8. The first-order valence-electron chi connectivity index (χ1n) is 8.02. The predicted molar refractivity (Wildman–Crippen MR) is 76.9 cm³/mol. The zero-order valence-electron chi connectivity index (χ0n) is 12.7. The molecule has 4 atom stereocenters. The van der Waals surface area contributed by atoms with Crippen molar-refractivity contribution in [3.63, 3.8) is 0 Å². The maximum atomic E-state index is 11.8. The highest BCUT2D eigenvalue weighted by Gasteiger charge is 2.41. The lowest BCUT2D eigenvalue weighted by atomic mass is 10.1. The minimum atomic E-state index is -0.614. The number of rotatable bonds is 6. The van der Waals surface area contributed by atoms with Gasteiger partial charge in [-0.05, 0) is 32.2 Å². The summed E-state index contributed by atoms with van der Waals surface area (Å²) in [5.41, 5.74) is 0. The van der Waals surface area contributed by atoms with Crippen LogP contribution >= 0.6 is 0 Å². The number of nitrogens with zero attached hydrogens (tertiary/aromatic N) is 1. The van der Waals surface area contributed by atoms with Gasteiger partial charge in [0, 0.05) is 25.6 Å². The third-order valence-corrected chi connectivity index (χ3v) is 4.83. The van der Waals surface area contributed by atoms with Gasteiger partial charge in [-0.1, -0.05) is 0 Å². The standard InChI is InChI=1S/C15H26N2O4/c1-20-8-11-3-2-6-17(11)7-13-14(18)12(9-21-13)16-15(19)10-4-5-10/h10-14,18H,2-9H2,1H3,(H,16,19)/t11-,12+,13+,14-/m1/s1. The normalized spacial score (nSPS) is 37.0. The minimum absolute atomic E-state index is 0.0710. The second-order valence-corrected chi connectivity index (χ2v) is 6.50. The van der Waals surface area contributed by atoms with Crippen LogP contribution < -0.4 is 5.32 Å². The second kappa shape index (κ2) is 6.60. The fourth-order valence-electron chi connectivity index (χ4n) is 3.37. The Kier molecular flexibility index (Phi) is 4.78. The molecule has 0 spiro atoms. The van der Waals surface area contributed by atoms with Crippen LogP contribution in [0.3, 0.4) is 0 Å². The maximum Gasteiger partial charge on any atom is 0.223 e. The molecule has 0 bridgehead atoms. The van der Waals surface area contributed by atoms with Gasteiger partial charge < -0.3 is 19.9 Å². The second-order valence-electron chi connectivity index (χ2n) is 6.50. The van der Waals surface area contributed by atoms with Crippen LogP contribution in [-0.2, 0) is 14.3 Å². The number of hydrogen-bond donors (Lipinski definition) is 2. The number of likely N-dealkylation sites (tertiary alicyclic amines) is 1. The van der Waals surface area contributed by atoms with Crippen LogP contribution in [-0.4, -0.2) is 73.6 Å². The van der Waals surface area contributed by atoms with Gasteiger partial charge in [-0.25, -0.2) is 0 Å². The summed E-state index contributed by atoms with van der Waals surface area (Å²) in [5, 5.41) is 13.3. The van der Waals surface area contributed by atoms with Crippen LogP contribution in [0.25, 0.3) is 0 Å². The lowest BCUT2D eigenvalue weighted by Gasteiger charge is -2.28. The minimum Gasteiger partial charge on any atom is -0.388 e. The Morgan fingerprint density at radius 3 is 2.95 bits per heavy atom. The third kappa shape index (κ3) is 3.56. The van der Waals surface area contributed by atoms with Gasteiger partial charge >= 0.3 is 0 Å². The molecule has 0 aromatic rings. The average molecular weight is 298 g/mol. The first kappa shape index (κ1) is 15.2. The molecular weight excluding hydrogens is 272 g/mol. The van der Waals surface area contributed by atoms with E-state index < -0.39 is 6.10 Å². The summed E-state index contributed by atoms with van der Waals surface area (Å²) in [4.78, 5) is 14.1. The van der Waals surface area contributed by atoms with E-state index in [9.17, 15) is 9.90 Å². The molecule has 2 saturated heterocycles. The van der Waals surface area contributed by atoms with E-state index in [4.69, 9.17) is 9.47 Å². The van der Waals surface area contributed by atoms with Crippen molar-refractivity contribution in [3.8, 4) is 0 Å². The number of nitrogens with one attached hydrogen (secondary N) is 1. The molecule has 120 valence electrons.